The van der Waals surface area contributed by atoms with Crippen LogP contribution < -0.4 is 11.1 Å². The maximum Gasteiger partial charge on any atom is 0.223 e. The third-order valence-electron chi connectivity index (χ3n) is 3.70. The highest BCUT2D eigenvalue weighted by Crippen LogP contribution is 2.28. The normalized spacial score (nSPS) is 32.6. The molecule has 3 nitrogen and oxygen atoms in total. The molecule has 0 aromatic heterocycles. The van der Waals surface area contributed by atoms with Crippen LogP contribution in [-0.2, 0) is 4.79 Å². The summed E-state index contributed by atoms with van der Waals surface area (Å²) in [4.78, 5) is 11.6. The minimum Gasteiger partial charge on any atom is -0.353 e. The number of nitrogens with two attached hydrogens (primary N) is 1. The smallest absolute Gasteiger partial charge is 0.223 e. The van der Waals surface area contributed by atoms with E-state index in [9.17, 15) is 4.79 Å². The summed E-state index contributed by atoms with van der Waals surface area (Å²) in [7, 11) is 0. The second kappa shape index (κ2) is 4.30. The van der Waals surface area contributed by atoms with E-state index in [4.69, 9.17) is 5.73 Å². The number of hydrogen-bond acceptors (Lipinski definition) is 2. The van der Waals surface area contributed by atoms with Crippen molar-refractivity contribution in [3.63, 3.8) is 0 Å². The molecule has 0 radical (unpaired) electrons. The first-order chi connectivity index (χ1) is 6.79. The van der Waals surface area contributed by atoms with Gasteiger partial charge in [-0.1, -0.05) is 6.42 Å². The highest BCUT2D eigenvalue weighted by atomic mass is 16.2. The molecule has 0 heterocycles. The zero-order valence-electron chi connectivity index (χ0n) is 8.67. The maximum atomic E-state index is 11.6. The molecule has 2 aliphatic carbocycles. The largest absolute Gasteiger partial charge is 0.353 e. The average Bonchev–Trinajstić information content (AvgIpc) is 2.48. The summed E-state index contributed by atoms with van der Waals surface area (Å²) in [6.45, 7) is 0.774. The van der Waals surface area contributed by atoms with Gasteiger partial charge in [-0.3, -0.25) is 4.79 Å². The Morgan fingerprint density at radius 1 is 1.29 bits per heavy atom. The van der Waals surface area contributed by atoms with Crippen LogP contribution >= 0.6 is 0 Å². The Labute approximate surface area is 85.4 Å². The molecule has 3 N–H and O–H groups in total. The Hall–Kier alpha value is -0.570. The van der Waals surface area contributed by atoms with Gasteiger partial charge in [0.1, 0.15) is 0 Å². The zero-order valence-corrected chi connectivity index (χ0v) is 8.67. The fourth-order valence-electron chi connectivity index (χ4n) is 2.41. The number of carbonyl (C=O) groups is 1. The molecular formula is C11H20N2O. The predicted octanol–water partition coefficient (Wildman–Crippen LogP) is 1.03. The summed E-state index contributed by atoms with van der Waals surface area (Å²) in [5, 5.41) is 3.15. The molecular weight excluding hydrogens is 176 g/mol. The summed E-state index contributed by atoms with van der Waals surface area (Å²) in [6, 6.07) is 0.414. The molecule has 2 fully saturated rings. The standard InChI is InChI=1S/C11H20N2O/c12-7-8-4-5-10(6-8)13-11(14)9-2-1-3-9/h8-10H,1-7,12H2,(H,13,14)/t8-,10+/m1/s1. The molecule has 0 bridgehead atoms. The first-order valence-electron chi connectivity index (χ1n) is 5.80. The van der Waals surface area contributed by atoms with Gasteiger partial charge < -0.3 is 11.1 Å². The van der Waals surface area contributed by atoms with Crippen LogP contribution in [0.5, 0.6) is 0 Å². The maximum absolute atomic E-state index is 11.6. The van der Waals surface area contributed by atoms with Gasteiger partial charge in [0.05, 0.1) is 0 Å². The first kappa shape index (κ1) is 9.97. The van der Waals surface area contributed by atoms with Gasteiger partial charge in [-0.05, 0) is 44.6 Å². The first-order valence-corrected chi connectivity index (χ1v) is 5.80. The van der Waals surface area contributed by atoms with Crippen molar-refractivity contribution in [1.29, 1.82) is 0 Å². The summed E-state index contributed by atoms with van der Waals surface area (Å²) in [6.07, 6.45) is 6.83. The summed E-state index contributed by atoms with van der Waals surface area (Å²) < 4.78 is 0. The van der Waals surface area contributed by atoms with Crippen LogP contribution in [-0.4, -0.2) is 18.5 Å². The van der Waals surface area contributed by atoms with Crippen LogP contribution in [0.2, 0.25) is 0 Å². The van der Waals surface area contributed by atoms with Gasteiger partial charge in [0.25, 0.3) is 0 Å². The van der Waals surface area contributed by atoms with Gasteiger partial charge in [-0.25, -0.2) is 0 Å². The lowest BCUT2D eigenvalue weighted by molar-refractivity contribution is -0.128. The van der Waals surface area contributed by atoms with Crippen LogP contribution in [0.3, 0.4) is 0 Å². The van der Waals surface area contributed by atoms with Gasteiger partial charge in [0.15, 0.2) is 0 Å². The molecule has 0 saturated heterocycles. The van der Waals surface area contributed by atoms with Crippen LogP contribution in [0.25, 0.3) is 0 Å². The number of amides is 1. The molecule has 2 rings (SSSR count). The highest BCUT2D eigenvalue weighted by molar-refractivity contribution is 5.79. The third-order valence-corrected chi connectivity index (χ3v) is 3.70. The molecule has 1 amide bonds. The molecule has 80 valence electrons. The fourth-order valence-corrected chi connectivity index (χ4v) is 2.41. The molecule has 0 spiro atoms. The SMILES string of the molecule is NC[C@@H]1CC[C@H](NC(=O)C2CCC2)C1. The van der Waals surface area contributed by atoms with Crippen molar-refractivity contribution in [2.75, 3.05) is 6.54 Å². The summed E-state index contributed by atoms with van der Waals surface area (Å²) in [5.41, 5.74) is 5.61. The molecule has 3 heteroatoms. The van der Waals surface area contributed by atoms with Crippen LogP contribution in [0.1, 0.15) is 38.5 Å². The molecule has 0 aromatic rings. The fraction of sp³-hybridized carbons (Fsp3) is 0.909. The molecule has 2 aliphatic rings. The lowest BCUT2D eigenvalue weighted by Crippen LogP contribution is -2.40. The van der Waals surface area contributed by atoms with Crippen LogP contribution in [0.15, 0.2) is 0 Å². The molecule has 14 heavy (non-hydrogen) atoms. The lowest BCUT2D eigenvalue weighted by atomic mass is 9.84. The summed E-state index contributed by atoms with van der Waals surface area (Å²) in [5.74, 6) is 1.26. The van der Waals surface area contributed by atoms with Gasteiger partial charge in [-0.2, -0.15) is 0 Å². The Morgan fingerprint density at radius 3 is 2.57 bits per heavy atom. The van der Waals surface area contributed by atoms with E-state index in [1.807, 2.05) is 0 Å². The molecule has 0 aromatic carbocycles. The second-order valence-electron chi connectivity index (χ2n) is 4.75. The van der Waals surface area contributed by atoms with Crippen molar-refractivity contribution in [1.82, 2.24) is 5.32 Å². The summed E-state index contributed by atoms with van der Waals surface area (Å²) >= 11 is 0. The number of hydrogen-bond donors (Lipinski definition) is 2. The van der Waals surface area contributed by atoms with Crippen molar-refractivity contribution in [3.8, 4) is 0 Å². The topological polar surface area (TPSA) is 55.1 Å². The van der Waals surface area contributed by atoms with Crippen molar-refractivity contribution < 1.29 is 4.79 Å². The second-order valence-corrected chi connectivity index (χ2v) is 4.75. The quantitative estimate of drug-likeness (QED) is 0.708. The van der Waals surface area contributed by atoms with Crippen molar-refractivity contribution in [2.45, 2.75) is 44.6 Å². The Balaban J connectivity index is 1.72. The molecule has 2 atom stereocenters. The minimum absolute atomic E-state index is 0.291. The van der Waals surface area contributed by atoms with E-state index in [1.54, 1.807) is 0 Å². The number of nitrogens with one attached hydrogen (secondary N) is 1. The molecule has 2 saturated carbocycles. The predicted molar refractivity (Wildman–Crippen MR) is 55.7 cm³/mol. The Kier molecular flexibility index (Phi) is 3.06. The van der Waals surface area contributed by atoms with Crippen LogP contribution in [0, 0.1) is 11.8 Å². The van der Waals surface area contributed by atoms with E-state index in [0.717, 1.165) is 32.2 Å². The lowest BCUT2D eigenvalue weighted by Gasteiger charge is -2.26. The third kappa shape index (κ3) is 2.08. The zero-order chi connectivity index (χ0) is 9.97. The Bertz CT molecular complexity index is 213. The highest BCUT2D eigenvalue weighted by Gasteiger charge is 2.29. The van der Waals surface area contributed by atoms with Crippen molar-refractivity contribution in [2.24, 2.45) is 17.6 Å². The molecule has 0 aliphatic heterocycles. The van der Waals surface area contributed by atoms with Gasteiger partial charge in [0, 0.05) is 12.0 Å². The van der Waals surface area contributed by atoms with E-state index < -0.39 is 0 Å². The van der Waals surface area contributed by atoms with E-state index >= 15 is 0 Å². The van der Waals surface area contributed by atoms with Crippen LogP contribution in [0.4, 0.5) is 0 Å². The van der Waals surface area contributed by atoms with E-state index in [0.29, 0.717) is 23.8 Å². The van der Waals surface area contributed by atoms with Crippen molar-refractivity contribution >= 4 is 5.91 Å². The van der Waals surface area contributed by atoms with Gasteiger partial charge in [-0.15, -0.1) is 0 Å². The average molecular weight is 196 g/mol. The Morgan fingerprint density at radius 2 is 2.07 bits per heavy atom. The van der Waals surface area contributed by atoms with Gasteiger partial charge in [0.2, 0.25) is 5.91 Å². The minimum atomic E-state index is 0.291. The van der Waals surface area contributed by atoms with Crippen molar-refractivity contribution in [3.05, 3.63) is 0 Å². The molecule has 0 unspecified atom stereocenters. The van der Waals surface area contributed by atoms with E-state index in [1.165, 1.54) is 12.8 Å². The van der Waals surface area contributed by atoms with Gasteiger partial charge >= 0.3 is 0 Å². The number of carbonyl (C=O) groups excluding carboxylic acids is 1. The van der Waals surface area contributed by atoms with E-state index in [2.05, 4.69) is 5.32 Å². The number of rotatable bonds is 3. The van der Waals surface area contributed by atoms with E-state index in [-0.39, 0.29) is 0 Å². The monoisotopic (exact) mass is 196 g/mol.